The first-order valence-corrected chi connectivity index (χ1v) is 13.4. The van der Waals surface area contributed by atoms with E-state index in [2.05, 4.69) is 86.4 Å². The number of allylic oxidation sites excluding steroid dienone is 2. The predicted octanol–water partition coefficient (Wildman–Crippen LogP) is 9.95. The minimum atomic E-state index is 0. The third-order valence-corrected chi connectivity index (χ3v) is 6.45. The Morgan fingerprint density at radius 2 is 1.52 bits per heavy atom. The van der Waals surface area contributed by atoms with E-state index in [1.165, 1.54) is 37.9 Å². The van der Waals surface area contributed by atoms with Crippen molar-refractivity contribution in [2.24, 2.45) is 22.2 Å². The summed E-state index contributed by atoms with van der Waals surface area (Å²) in [5.41, 5.74) is 1.18. The van der Waals surface area contributed by atoms with Crippen LogP contribution in [0, 0.1) is 22.2 Å². The van der Waals surface area contributed by atoms with E-state index in [9.17, 15) is 4.79 Å². The van der Waals surface area contributed by atoms with Crippen LogP contribution in [0.1, 0.15) is 123 Å². The minimum Gasteiger partial charge on any atom is -0.356 e. The maximum atomic E-state index is 10.7. The average molecular weight is 486 g/mol. The molecule has 0 saturated heterocycles. The zero-order chi connectivity index (χ0) is 24.6. The fourth-order valence-electron chi connectivity index (χ4n) is 2.96. The number of rotatable bonds is 5. The number of carbonyl (C=O) groups excluding carboxylic acids is 1. The first-order chi connectivity index (χ1) is 14.1. The zero-order valence-electron chi connectivity index (χ0n) is 22.7. The Labute approximate surface area is 215 Å². The normalized spacial score (nSPS) is 17.1. The molecule has 0 radical (unpaired) electrons. The molecular weight excluding hydrogens is 422 g/mol. The molecule has 1 atom stereocenters. The number of hydrogen-bond acceptors (Lipinski definition) is 2. The molecule has 1 aliphatic rings. The largest absolute Gasteiger partial charge is 0.356 e. The van der Waals surface area contributed by atoms with Crippen LogP contribution in [0.25, 0.3) is 0 Å². The summed E-state index contributed by atoms with van der Waals surface area (Å²) in [5, 5.41) is 2.83. The first-order valence-electron chi connectivity index (χ1n) is 12.2. The van der Waals surface area contributed by atoms with Crippen molar-refractivity contribution in [1.82, 2.24) is 5.32 Å². The molecule has 1 N–H and O–H groups in total. The van der Waals surface area contributed by atoms with Gasteiger partial charge in [-0.2, -0.15) is 11.8 Å². The van der Waals surface area contributed by atoms with Crippen LogP contribution in [-0.4, -0.2) is 24.0 Å². The Kier molecular flexibility index (Phi) is 24.7. The number of hydrogen-bond donors (Lipinski definition) is 1. The van der Waals surface area contributed by atoms with Crippen molar-refractivity contribution in [2.45, 2.75) is 123 Å². The standard InChI is InChI=1S/C12H22.C8H17NO.C8H16S.2CH4/c1-12(2,3)11-9-7-5-4-6-8-10-11;1-5-7(10)9-6-8(2,3)4;1-5-6-9-7-8(2,3)4;;/h4-5,11H,6-10H2,1-3H3;5-6H2,1-4H3,(H,9,10);5H,1,6-7H2,2-4H3;2*1H4/b5-4+;;;;. The molecule has 0 aromatic rings. The number of amides is 1. The van der Waals surface area contributed by atoms with Gasteiger partial charge in [-0.15, -0.1) is 6.58 Å². The number of nitrogens with one attached hydrogen (secondary N) is 1. The lowest BCUT2D eigenvalue weighted by Crippen LogP contribution is -2.31. The van der Waals surface area contributed by atoms with Gasteiger partial charge in [-0.1, -0.05) is 102 Å². The van der Waals surface area contributed by atoms with Gasteiger partial charge in [0.1, 0.15) is 0 Å². The summed E-state index contributed by atoms with van der Waals surface area (Å²) in [5.74, 6) is 3.37. The van der Waals surface area contributed by atoms with E-state index < -0.39 is 0 Å². The SMILES string of the molecule is C.C.C=CCSCC(C)(C)C.CC(C)(C)C1CC/C=C/CCC1.CCC(=O)NCC(C)(C)C. The molecule has 1 unspecified atom stereocenters. The topological polar surface area (TPSA) is 29.1 Å². The van der Waals surface area contributed by atoms with Gasteiger partial charge in [0.25, 0.3) is 0 Å². The quantitative estimate of drug-likeness (QED) is 0.310. The molecule has 200 valence electrons. The molecule has 0 aromatic heterocycles. The monoisotopic (exact) mass is 485 g/mol. The molecule has 0 bridgehead atoms. The van der Waals surface area contributed by atoms with Gasteiger partial charge < -0.3 is 5.32 Å². The molecule has 3 heteroatoms. The Hall–Kier alpha value is -0.700. The van der Waals surface area contributed by atoms with Crippen LogP contribution in [0.3, 0.4) is 0 Å². The van der Waals surface area contributed by atoms with Crippen molar-refractivity contribution >= 4 is 17.7 Å². The lowest BCUT2D eigenvalue weighted by molar-refractivity contribution is -0.121. The third-order valence-electron chi connectivity index (χ3n) is 4.90. The van der Waals surface area contributed by atoms with Crippen molar-refractivity contribution < 1.29 is 4.79 Å². The fraction of sp³-hybridized carbons (Fsp3) is 0.833. The van der Waals surface area contributed by atoms with Gasteiger partial charge in [-0.25, -0.2) is 0 Å². The Balaban J connectivity index is -0.000000188. The van der Waals surface area contributed by atoms with Crippen molar-refractivity contribution in [3.05, 3.63) is 24.8 Å². The van der Waals surface area contributed by atoms with Gasteiger partial charge in [0, 0.05) is 18.7 Å². The van der Waals surface area contributed by atoms with E-state index in [0.717, 1.165) is 18.2 Å². The highest BCUT2D eigenvalue weighted by molar-refractivity contribution is 7.99. The zero-order valence-corrected chi connectivity index (χ0v) is 23.5. The summed E-state index contributed by atoms with van der Waals surface area (Å²) in [6, 6.07) is 0. The maximum absolute atomic E-state index is 10.7. The molecule has 1 rings (SSSR count). The van der Waals surface area contributed by atoms with Crippen LogP contribution in [0.5, 0.6) is 0 Å². The van der Waals surface area contributed by atoms with E-state index in [0.29, 0.717) is 17.3 Å². The van der Waals surface area contributed by atoms with Gasteiger partial charge in [-0.3, -0.25) is 4.79 Å². The maximum Gasteiger partial charge on any atom is 0.219 e. The van der Waals surface area contributed by atoms with E-state index in [4.69, 9.17) is 0 Å². The summed E-state index contributed by atoms with van der Waals surface area (Å²) in [4.78, 5) is 10.7. The molecule has 0 aliphatic heterocycles. The molecule has 33 heavy (non-hydrogen) atoms. The highest BCUT2D eigenvalue weighted by atomic mass is 32.2. The summed E-state index contributed by atoms with van der Waals surface area (Å²) in [6.07, 6.45) is 14.0. The molecule has 2 nitrogen and oxygen atoms in total. The van der Waals surface area contributed by atoms with E-state index in [1.54, 1.807) is 0 Å². The molecular formula is C30H63NOS. The van der Waals surface area contributed by atoms with Gasteiger partial charge >= 0.3 is 0 Å². The van der Waals surface area contributed by atoms with Crippen molar-refractivity contribution in [2.75, 3.05) is 18.1 Å². The van der Waals surface area contributed by atoms with Gasteiger partial charge in [0.05, 0.1) is 0 Å². The van der Waals surface area contributed by atoms with E-state index in [-0.39, 0.29) is 26.2 Å². The van der Waals surface area contributed by atoms with Crippen LogP contribution < -0.4 is 5.32 Å². The summed E-state index contributed by atoms with van der Waals surface area (Å²) in [7, 11) is 0. The Bertz CT molecular complexity index is 489. The summed E-state index contributed by atoms with van der Waals surface area (Å²) < 4.78 is 0. The number of carbonyl (C=O) groups is 1. The molecule has 0 fully saturated rings. The molecule has 0 aromatic carbocycles. The fourth-order valence-corrected chi connectivity index (χ4v) is 3.86. The van der Waals surface area contributed by atoms with E-state index in [1.807, 2.05) is 24.8 Å². The van der Waals surface area contributed by atoms with Gasteiger partial charge in [0.2, 0.25) is 5.91 Å². The van der Waals surface area contributed by atoms with E-state index >= 15 is 0 Å². The highest BCUT2D eigenvalue weighted by Crippen LogP contribution is 2.34. The summed E-state index contributed by atoms with van der Waals surface area (Å²) >= 11 is 1.94. The molecule has 1 amide bonds. The van der Waals surface area contributed by atoms with Crippen molar-refractivity contribution in [1.29, 1.82) is 0 Å². The lowest BCUT2D eigenvalue weighted by Gasteiger charge is -2.31. The lowest BCUT2D eigenvalue weighted by atomic mass is 9.75. The molecule has 0 heterocycles. The second-order valence-corrected chi connectivity index (χ2v) is 13.1. The molecule has 0 saturated carbocycles. The summed E-state index contributed by atoms with van der Waals surface area (Å²) in [6.45, 7) is 26.5. The average Bonchev–Trinajstić information content (AvgIpc) is 2.58. The van der Waals surface area contributed by atoms with Crippen LogP contribution >= 0.6 is 11.8 Å². The van der Waals surface area contributed by atoms with Crippen molar-refractivity contribution in [3.8, 4) is 0 Å². The van der Waals surface area contributed by atoms with Gasteiger partial charge in [-0.05, 0) is 60.0 Å². The van der Waals surface area contributed by atoms with Crippen LogP contribution in [-0.2, 0) is 4.79 Å². The second-order valence-electron chi connectivity index (χ2n) is 12.1. The Morgan fingerprint density at radius 3 is 1.94 bits per heavy atom. The smallest absolute Gasteiger partial charge is 0.219 e. The predicted molar refractivity (Wildman–Crippen MR) is 158 cm³/mol. The first kappa shape index (κ1) is 39.5. The number of thioether (sulfide) groups is 1. The van der Waals surface area contributed by atoms with Crippen LogP contribution in [0.15, 0.2) is 24.8 Å². The van der Waals surface area contributed by atoms with Crippen LogP contribution in [0.2, 0.25) is 0 Å². The molecule has 0 spiro atoms. The minimum absolute atomic E-state index is 0. The molecule has 1 aliphatic carbocycles. The van der Waals surface area contributed by atoms with Crippen molar-refractivity contribution in [3.63, 3.8) is 0 Å². The second kappa shape index (κ2) is 20.7. The van der Waals surface area contributed by atoms with Gasteiger partial charge in [0.15, 0.2) is 0 Å². The third kappa shape index (κ3) is 31.3. The highest BCUT2D eigenvalue weighted by Gasteiger charge is 2.23. The van der Waals surface area contributed by atoms with Crippen LogP contribution in [0.4, 0.5) is 0 Å². The Morgan fingerprint density at radius 1 is 0.970 bits per heavy atom.